The Morgan fingerprint density at radius 3 is 2.50 bits per heavy atom. The first kappa shape index (κ1) is 11.5. The molecule has 0 aromatic rings. The highest BCUT2D eigenvalue weighted by Crippen LogP contribution is 1.98. The van der Waals surface area contributed by atoms with Crippen molar-refractivity contribution in [3.63, 3.8) is 0 Å². The third kappa shape index (κ3) is 9.48. The Bertz CT molecular complexity index is 120. The fraction of sp³-hybridized carbons (Fsp3) is 0.583. The van der Waals surface area contributed by atoms with Crippen molar-refractivity contribution in [1.82, 2.24) is 0 Å². The van der Waals surface area contributed by atoms with Gasteiger partial charge in [0.15, 0.2) is 0 Å². The van der Waals surface area contributed by atoms with Crippen molar-refractivity contribution in [2.24, 2.45) is 0 Å². The van der Waals surface area contributed by atoms with Gasteiger partial charge in [-0.3, -0.25) is 0 Å². The minimum Gasteiger partial charge on any atom is -0.0888 e. The Kier molecular flexibility index (Phi) is 10.0. The zero-order valence-corrected chi connectivity index (χ0v) is 8.42. The van der Waals surface area contributed by atoms with Crippen LogP contribution >= 0.6 is 0 Å². The summed E-state index contributed by atoms with van der Waals surface area (Å²) >= 11 is 0. The maximum atomic E-state index is 2.25. The summed E-state index contributed by atoms with van der Waals surface area (Å²) in [6.45, 7) is 4.38. The smallest absolute Gasteiger partial charge is 0.0133 e. The maximum absolute atomic E-state index is 2.25. The summed E-state index contributed by atoms with van der Waals surface area (Å²) < 4.78 is 0. The fourth-order valence-electron chi connectivity index (χ4n) is 0.934. The van der Waals surface area contributed by atoms with E-state index in [1.54, 1.807) is 0 Å². The summed E-state index contributed by atoms with van der Waals surface area (Å²) in [5.41, 5.74) is 0. The first-order chi connectivity index (χ1) is 5.91. The summed E-state index contributed by atoms with van der Waals surface area (Å²) in [6, 6.07) is 0. The van der Waals surface area contributed by atoms with Gasteiger partial charge >= 0.3 is 0 Å². The molecule has 0 heterocycles. The van der Waals surface area contributed by atoms with E-state index >= 15 is 0 Å². The molecule has 1 radical (unpaired) electrons. The van der Waals surface area contributed by atoms with Crippen molar-refractivity contribution in [3.05, 3.63) is 30.7 Å². The molecule has 0 atom stereocenters. The first-order valence-electron chi connectivity index (χ1n) is 5.05. The second kappa shape index (κ2) is 10.5. The lowest BCUT2D eigenvalue weighted by molar-refractivity contribution is 0.814. The van der Waals surface area contributed by atoms with Crippen molar-refractivity contribution in [2.45, 2.75) is 46.0 Å². The molecule has 0 aromatic heterocycles. The van der Waals surface area contributed by atoms with Gasteiger partial charge in [0.1, 0.15) is 0 Å². The van der Waals surface area contributed by atoms with Crippen LogP contribution in [0.3, 0.4) is 0 Å². The maximum Gasteiger partial charge on any atom is -0.0133 e. The molecule has 0 rings (SSSR count). The lowest BCUT2D eigenvalue weighted by Gasteiger charge is -1.88. The first-order valence-corrected chi connectivity index (χ1v) is 5.05. The second-order valence-electron chi connectivity index (χ2n) is 2.92. The van der Waals surface area contributed by atoms with Crippen LogP contribution in [0.4, 0.5) is 0 Å². The van der Waals surface area contributed by atoms with Gasteiger partial charge in [-0.15, -0.1) is 0 Å². The summed E-state index contributed by atoms with van der Waals surface area (Å²) in [7, 11) is 0. The van der Waals surface area contributed by atoms with Gasteiger partial charge in [-0.05, 0) is 25.7 Å². The molecule has 0 aliphatic heterocycles. The van der Waals surface area contributed by atoms with E-state index in [-0.39, 0.29) is 0 Å². The molecule has 0 spiro atoms. The molecule has 0 aliphatic rings. The van der Waals surface area contributed by atoms with Crippen LogP contribution in [0.2, 0.25) is 0 Å². The van der Waals surface area contributed by atoms with E-state index in [4.69, 9.17) is 0 Å². The molecule has 0 amide bonds. The van der Waals surface area contributed by atoms with E-state index in [1.165, 1.54) is 19.3 Å². The Morgan fingerprint density at radius 1 is 1.00 bits per heavy atom. The number of allylic oxidation sites excluding steroid dienone is 4. The van der Waals surface area contributed by atoms with E-state index in [2.05, 4.69) is 44.6 Å². The average Bonchev–Trinajstić information content (AvgIpc) is 2.10. The molecular weight excluding hydrogens is 144 g/mol. The lowest BCUT2D eigenvalue weighted by atomic mass is 10.2. The SMILES string of the molecule is CCC=CC[CH]C=CCCCC. The van der Waals surface area contributed by atoms with E-state index in [0.717, 1.165) is 12.8 Å². The van der Waals surface area contributed by atoms with Crippen molar-refractivity contribution in [2.75, 3.05) is 0 Å². The van der Waals surface area contributed by atoms with E-state index in [1.807, 2.05) is 0 Å². The predicted molar refractivity (Wildman–Crippen MR) is 57.0 cm³/mol. The lowest BCUT2D eigenvalue weighted by Crippen LogP contribution is -1.69. The number of unbranched alkanes of at least 4 members (excludes halogenated alkanes) is 3. The molecule has 0 nitrogen and oxygen atoms in total. The van der Waals surface area contributed by atoms with Gasteiger partial charge in [-0.25, -0.2) is 0 Å². The summed E-state index contributed by atoms with van der Waals surface area (Å²) in [4.78, 5) is 0. The normalized spacial score (nSPS) is 11.8. The van der Waals surface area contributed by atoms with E-state index in [0.29, 0.717) is 0 Å². The number of rotatable bonds is 7. The fourth-order valence-corrected chi connectivity index (χ4v) is 0.934. The highest BCUT2D eigenvalue weighted by atomic mass is 13.8. The molecule has 0 bridgehead atoms. The molecule has 0 heteroatoms. The zero-order chi connectivity index (χ0) is 9.07. The Labute approximate surface area is 77.4 Å². The van der Waals surface area contributed by atoms with Crippen LogP contribution in [-0.4, -0.2) is 0 Å². The molecule has 0 aliphatic carbocycles. The molecule has 0 saturated heterocycles. The van der Waals surface area contributed by atoms with Crippen LogP contribution in [-0.2, 0) is 0 Å². The summed E-state index contributed by atoms with van der Waals surface area (Å²) in [5, 5.41) is 0. The molecule has 0 unspecified atom stereocenters. The van der Waals surface area contributed by atoms with Crippen molar-refractivity contribution in [1.29, 1.82) is 0 Å². The highest BCUT2D eigenvalue weighted by Gasteiger charge is 1.78. The van der Waals surface area contributed by atoms with E-state index in [9.17, 15) is 0 Å². The van der Waals surface area contributed by atoms with Crippen molar-refractivity contribution in [3.8, 4) is 0 Å². The molecule has 0 aromatic carbocycles. The summed E-state index contributed by atoms with van der Waals surface area (Å²) in [5.74, 6) is 0. The van der Waals surface area contributed by atoms with Crippen LogP contribution in [0.15, 0.2) is 24.3 Å². The molecule has 0 fully saturated rings. The van der Waals surface area contributed by atoms with Crippen LogP contribution in [0.25, 0.3) is 0 Å². The molecular formula is C12H21. The third-order valence-electron chi connectivity index (χ3n) is 1.67. The van der Waals surface area contributed by atoms with Crippen LogP contribution < -0.4 is 0 Å². The quantitative estimate of drug-likeness (QED) is 0.390. The molecule has 0 saturated carbocycles. The largest absolute Gasteiger partial charge is 0.0888 e. The minimum atomic E-state index is 1.08. The molecule has 12 heavy (non-hydrogen) atoms. The van der Waals surface area contributed by atoms with Crippen LogP contribution in [0.5, 0.6) is 0 Å². The topological polar surface area (TPSA) is 0 Å². The Balaban J connectivity index is 3.07. The van der Waals surface area contributed by atoms with Gasteiger partial charge in [0.25, 0.3) is 0 Å². The Morgan fingerprint density at radius 2 is 1.83 bits per heavy atom. The van der Waals surface area contributed by atoms with Gasteiger partial charge in [0, 0.05) is 0 Å². The van der Waals surface area contributed by atoms with Gasteiger partial charge in [0.05, 0.1) is 0 Å². The number of hydrogen-bond acceptors (Lipinski definition) is 0. The van der Waals surface area contributed by atoms with Crippen molar-refractivity contribution < 1.29 is 0 Å². The Hall–Kier alpha value is -0.520. The highest BCUT2D eigenvalue weighted by molar-refractivity contribution is 4.99. The predicted octanol–water partition coefficient (Wildman–Crippen LogP) is 4.29. The van der Waals surface area contributed by atoms with Gasteiger partial charge < -0.3 is 0 Å². The number of hydrogen-bond donors (Lipinski definition) is 0. The van der Waals surface area contributed by atoms with Gasteiger partial charge in [0.2, 0.25) is 0 Å². The minimum absolute atomic E-state index is 1.08. The second-order valence-corrected chi connectivity index (χ2v) is 2.92. The van der Waals surface area contributed by atoms with Gasteiger partial charge in [-0.2, -0.15) is 0 Å². The van der Waals surface area contributed by atoms with E-state index < -0.39 is 0 Å². The summed E-state index contributed by atoms with van der Waals surface area (Å²) in [6.07, 6.45) is 17.1. The van der Waals surface area contributed by atoms with Crippen LogP contribution in [0.1, 0.15) is 46.0 Å². The van der Waals surface area contributed by atoms with Gasteiger partial charge in [-0.1, -0.05) is 51.0 Å². The molecule has 69 valence electrons. The zero-order valence-electron chi connectivity index (χ0n) is 8.42. The molecule has 0 N–H and O–H groups in total. The standard InChI is InChI=1S/C12H21/c1-3-5-7-9-11-12-10-8-6-4-2/h5,7,10-12H,3-4,6,8-9H2,1-2H3. The average molecular weight is 165 g/mol. The van der Waals surface area contributed by atoms with Crippen LogP contribution in [0, 0.1) is 6.42 Å². The van der Waals surface area contributed by atoms with Crippen molar-refractivity contribution >= 4 is 0 Å². The third-order valence-corrected chi connectivity index (χ3v) is 1.67. The monoisotopic (exact) mass is 165 g/mol.